The number of aryl methyl sites for hydroxylation is 1. The van der Waals surface area contributed by atoms with Gasteiger partial charge in [-0.2, -0.15) is 5.10 Å². The number of carbonyl (C=O) groups excluding carboxylic acids is 1. The summed E-state index contributed by atoms with van der Waals surface area (Å²) >= 11 is 6.17. The average molecular weight is 411 g/mol. The molecule has 1 amide bonds. The number of nitrogens with one attached hydrogen (secondary N) is 1. The van der Waals surface area contributed by atoms with Gasteiger partial charge < -0.3 is 14.5 Å². The number of piperazine rings is 1. The van der Waals surface area contributed by atoms with E-state index in [2.05, 4.69) is 22.0 Å². The van der Waals surface area contributed by atoms with Gasteiger partial charge in [-0.1, -0.05) is 17.7 Å². The molecule has 2 aromatic carbocycles. The predicted octanol–water partition coefficient (Wildman–Crippen LogP) is 4.01. The van der Waals surface area contributed by atoms with Crippen molar-refractivity contribution in [1.29, 1.82) is 0 Å². The monoisotopic (exact) mass is 410 g/mol. The van der Waals surface area contributed by atoms with Crippen molar-refractivity contribution in [2.75, 3.05) is 38.2 Å². The Morgan fingerprint density at radius 3 is 2.52 bits per heavy atom. The van der Waals surface area contributed by atoms with Crippen LogP contribution >= 0.6 is 11.6 Å². The molecular weight excluding hydrogens is 388 g/mol. The SMILES string of the molecule is COc1ccc(-c2[nH]ncc2C(=O)N2CCN(c3cc(Cl)ccc3C)CC2)cc1. The summed E-state index contributed by atoms with van der Waals surface area (Å²) in [6.07, 6.45) is 1.61. The number of rotatable bonds is 4. The minimum absolute atomic E-state index is 0.00738. The molecule has 150 valence electrons. The van der Waals surface area contributed by atoms with E-state index in [-0.39, 0.29) is 5.91 Å². The fourth-order valence-electron chi connectivity index (χ4n) is 3.67. The third-order valence-corrected chi connectivity index (χ3v) is 5.56. The van der Waals surface area contributed by atoms with Crippen molar-refractivity contribution in [2.24, 2.45) is 0 Å². The van der Waals surface area contributed by atoms with E-state index in [1.165, 1.54) is 5.56 Å². The molecule has 0 spiro atoms. The van der Waals surface area contributed by atoms with Crippen molar-refractivity contribution >= 4 is 23.2 Å². The van der Waals surface area contributed by atoms with Crippen LogP contribution in [0, 0.1) is 6.92 Å². The fraction of sp³-hybridized carbons (Fsp3) is 0.273. The van der Waals surface area contributed by atoms with Gasteiger partial charge >= 0.3 is 0 Å². The number of nitrogens with zero attached hydrogens (tertiary/aromatic N) is 3. The van der Waals surface area contributed by atoms with E-state index >= 15 is 0 Å². The second-order valence-corrected chi connectivity index (χ2v) is 7.53. The molecule has 0 aliphatic carbocycles. The number of carbonyl (C=O) groups is 1. The highest BCUT2D eigenvalue weighted by Gasteiger charge is 2.26. The number of amides is 1. The Morgan fingerprint density at radius 1 is 1.10 bits per heavy atom. The highest BCUT2D eigenvalue weighted by molar-refractivity contribution is 6.30. The second-order valence-electron chi connectivity index (χ2n) is 7.10. The molecule has 0 atom stereocenters. The molecule has 7 heteroatoms. The minimum Gasteiger partial charge on any atom is -0.497 e. The van der Waals surface area contributed by atoms with Crippen molar-refractivity contribution in [3.63, 3.8) is 0 Å². The maximum atomic E-state index is 13.1. The first-order valence-corrected chi connectivity index (χ1v) is 9.93. The lowest BCUT2D eigenvalue weighted by Gasteiger charge is -2.36. The average Bonchev–Trinajstić information content (AvgIpc) is 3.25. The minimum atomic E-state index is -0.00738. The van der Waals surface area contributed by atoms with E-state index in [1.54, 1.807) is 13.3 Å². The molecule has 4 rings (SSSR count). The summed E-state index contributed by atoms with van der Waals surface area (Å²) in [5.41, 5.74) is 4.53. The van der Waals surface area contributed by atoms with Gasteiger partial charge in [0.25, 0.3) is 5.91 Å². The van der Waals surface area contributed by atoms with Crippen LogP contribution in [0.2, 0.25) is 5.02 Å². The maximum absolute atomic E-state index is 13.1. The number of aromatic nitrogens is 2. The summed E-state index contributed by atoms with van der Waals surface area (Å²) in [4.78, 5) is 17.3. The number of halogens is 1. The molecule has 2 heterocycles. The molecule has 3 aromatic rings. The maximum Gasteiger partial charge on any atom is 0.257 e. The van der Waals surface area contributed by atoms with Crippen molar-refractivity contribution < 1.29 is 9.53 Å². The zero-order chi connectivity index (χ0) is 20.4. The van der Waals surface area contributed by atoms with Crippen LogP contribution in [-0.2, 0) is 0 Å². The van der Waals surface area contributed by atoms with Gasteiger partial charge in [-0.25, -0.2) is 0 Å². The quantitative estimate of drug-likeness (QED) is 0.706. The molecule has 0 radical (unpaired) electrons. The number of anilines is 1. The number of hydrogen-bond donors (Lipinski definition) is 1. The number of H-pyrrole nitrogens is 1. The first kappa shape index (κ1) is 19.3. The summed E-state index contributed by atoms with van der Waals surface area (Å²) in [5, 5.41) is 7.80. The molecular formula is C22H23ClN4O2. The summed E-state index contributed by atoms with van der Waals surface area (Å²) in [6.45, 7) is 4.91. The fourth-order valence-corrected chi connectivity index (χ4v) is 3.84. The van der Waals surface area contributed by atoms with Gasteiger partial charge in [0, 0.05) is 42.5 Å². The zero-order valence-electron chi connectivity index (χ0n) is 16.5. The Labute approximate surface area is 175 Å². The Hall–Kier alpha value is -2.99. The van der Waals surface area contributed by atoms with Crippen molar-refractivity contribution in [1.82, 2.24) is 15.1 Å². The third-order valence-electron chi connectivity index (χ3n) is 5.33. The number of benzene rings is 2. The Bertz CT molecular complexity index is 1010. The Balaban J connectivity index is 1.48. The van der Waals surface area contributed by atoms with Crippen LogP contribution in [0.15, 0.2) is 48.7 Å². The summed E-state index contributed by atoms with van der Waals surface area (Å²) in [7, 11) is 1.63. The van der Waals surface area contributed by atoms with Crippen molar-refractivity contribution in [3.8, 4) is 17.0 Å². The Morgan fingerprint density at radius 2 is 1.83 bits per heavy atom. The van der Waals surface area contributed by atoms with Crippen LogP contribution in [0.4, 0.5) is 5.69 Å². The van der Waals surface area contributed by atoms with Crippen molar-refractivity contribution in [3.05, 3.63) is 64.8 Å². The third kappa shape index (κ3) is 3.93. The van der Waals surface area contributed by atoms with Crippen LogP contribution in [-0.4, -0.2) is 54.3 Å². The van der Waals surface area contributed by atoms with E-state index in [9.17, 15) is 4.79 Å². The van der Waals surface area contributed by atoms with Gasteiger partial charge in [-0.3, -0.25) is 9.89 Å². The van der Waals surface area contributed by atoms with Crippen LogP contribution in [0.3, 0.4) is 0 Å². The highest BCUT2D eigenvalue weighted by Crippen LogP contribution is 2.27. The number of aromatic amines is 1. The molecule has 0 unspecified atom stereocenters. The largest absolute Gasteiger partial charge is 0.497 e. The molecule has 1 aliphatic heterocycles. The van der Waals surface area contributed by atoms with Crippen LogP contribution in [0.5, 0.6) is 5.75 Å². The topological polar surface area (TPSA) is 61.5 Å². The van der Waals surface area contributed by atoms with Crippen LogP contribution < -0.4 is 9.64 Å². The molecule has 1 N–H and O–H groups in total. The van der Waals surface area contributed by atoms with Gasteiger partial charge in [0.15, 0.2) is 0 Å². The second kappa shape index (κ2) is 8.17. The standard InChI is InChI=1S/C22H23ClN4O2/c1-15-3-6-17(23)13-20(15)26-9-11-27(12-10-26)22(28)19-14-24-25-21(19)16-4-7-18(29-2)8-5-16/h3-8,13-14H,9-12H2,1-2H3,(H,24,25). The first-order chi connectivity index (χ1) is 14.1. The molecule has 1 saturated heterocycles. The highest BCUT2D eigenvalue weighted by atomic mass is 35.5. The predicted molar refractivity (Wildman–Crippen MR) is 115 cm³/mol. The molecule has 1 fully saturated rings. The molecule has 6 nitrogen and oxygen atoms in total. The lowest BCUT2D eigenvalue weighted by atomic mass is 10.1. The lowest BCUT2D eigenvalue weighted by Crippen LogP contribution is -2.49. The van der Waals surface area contributed by atoms with Gasteiger partial charge in [0.2, 0.25) is 0 Å². The summed E-state index contributed by atoms with van der Waals surface area (Å²) in [6, 6.07) is 13.5. The normalized spacial score (nSPS) is 14.2. The lowest BCUT2D eigenvalue weighted by molar-refractivity contribution is 0.0747. The summed E-state index contributed by atoms with van der Waals surface area (Å²) in [5.74, 6) is 0.764. The van der Waals surface area contributed by atoms with Gasteiger partial charge in [0.05, 0.1) is 24.6 Å². The van der Waals surface area contributed by atoms with E-state index < -0.39 is 0 Å². The smallest absolute Gasteiger partial charge is 0.257 e. The van der Waals surface area contributed by atoms with Crippen LogP contribution in [0.1, 0.15) is 15.9 Å². The Kier molecular flexibility index (Phi) is 5.45. The van der Waals surface area contributed by atoms with Crippen LogP contribution in [0.25, 0.3) is 11.3 Å². The zero-order valence-corrected chi connectivity index (χ0v) is 17.2. The van der Waals surface area contributed by atoms with Gasteiger partial charge in [-0.05, 0) is 48.9 Å². The van der Waals surface area contributed by atoms with Crippen molar-refractivity contribution in [2.45, 2.75) is 6.92 Å². The van der Waals surface area contributed by atoms with Gasteiger partial charge in [0.1, 0.15) is 5.75 Å². The van der Waals surface area contributed by atoms with Gasteiger partial charge in [-0.15, -0.1) is 0 Å². The number of hydrogen-bond acceptors (Lipinski definition) is 4. The molecule has 1 aromatic heterocycles. The van der Waals surface area contributed by atoms with E-state index in [0.717, 1.165) is 40.8 Å². The molecule has 29 heavy (non-hydrogen) atoms. The van der Waals surface area contributed by atoms with E-state index in [4.69, 9.17) is 16.3 Å². The number of ether oxygens (including phenoxy) is 1. The first-order valence-electron chi connectivity index (χ1n) is 9.55. The summed E-state index contributed by atoms with van der Waals surface area (Å²) < 4.78 is 5.21. The molecule has 0 saturated carbocycles. The molecule has 0 bridgehead atoms. The van der Waals surface area contributed by atoms with E-state index in [1.807, 2.05) is 47.4 Å². The molecule has 1 aliphatic rings. The number of methoxy groups -OCH3 is 1. The van der Waals surface area contributed by atoms with E-state index in [0.29, 0.717) is 18.7 Å².